The SMILES string of the molecule is NNC(=O)c1nn(-c2ccc(Cl)cc2)c(=O)c2nc(-c3ccccc3)ncc12. The van der Waals surface area contributed by atoms with Crippen LogP contribution in [0, 0.1) is 0 Å². The fraction of sp³-hybridized carbons (Fsp3) is 0. The van der Waals surface area contributed by atoms with Crippen LogP contribution >= 0.6 is 11.6 Å². The molecule has 0 unspecified atom stereocenters. The fourth-order valence-corrected chi connectivity index (χ4v) is 2.86. The van der Waals surface area contributed by atoms with Crippen LogP contribution in [0.5, 0.6) is 0 Å². The summed E-state index contributed by atoms with van der Waals surface area (Å²) in [6.45, 7) is 0. The molecule has 0 fully saturated rings. The van der Waals surface area contributed by atoms with E-state index in [1.54, 1.807) is 24.3 Å². The van der Waals surface area contributed by atoms with Crippen LogP contribution in [0.4, 0.5) is 0 Å². The minimum absolute atomic E-state index is 0.0532. The third-order valence-electron chi connectivity index (χ3n) is 4.09. The highest BCUT2D eigenvalue weighted by atomic mass is 35.5. The maximum absolute atomic E-state index is 13.1. The molecule has 0 aliphatic heterocycles. The average molecular weight is 393 g/mol. The van der Waals surface area contributed by atoms with Gasteiger partial charge in [0.25, 0.3) is 11.5 Å². The van der Waals surface area contributed by atoms with E-state index in [0.29, 0.717) is 16.5 Å². The number of hydrogen-bond donors (Lipinski definition) is 2. The molecule has 28 heavy (non-hydrogen) atoms. The summed E-state index contributed by atoms with van der Waals surface area (Å²) >= 11 is 5.92. The number of halogens is 1. The number of carbonyl (C=O) groups excluding carboxylic acids is 1. The van der Waals surface area contributed by atoms with Gasteiger partial charge >= 0.3 is 0 Å². The van der Waals surface area contributed by atoms with E-state index in [1.165, 1.54) is 6.20 Å². The van der Waals surface area contributed by atoms with Crippen molar-refractivity contribution in [2.75, 3.05) is 0 Å². The maximum Gasteiger partial charge on any atom is 0.298 e. The van der Waals surface area contributed by atoms with Crippen LogP contribution in [0.2, 0.25) is 5.02 Å². The molecular formula is C19H13ClN6O2. The monoisotopic (exact) mass is 392 g/mol. The second-order valence-electron chi connectivity index (χ2n) is 5.84. The normalized spacial score (nSPS) is 10.8. The maximum atomic E-state index is 13.1. The van der Waals surface area contributed by atoms with Crippen molar-refractivity contribution in [1.82, 2.24) is 25.2 Å². The first kappa shape index (κ1) is 17.8. The van der Waals surface area contributed by atoms with Crippen LogP contribution in [0.25, 0.3) is 28.0 Å². The van der Waals surface area contributed by atoms with Gasteiger partial charge in [0.2, 0.25) is 0 Å². The van der Waals surface area contributed by atoms with Gasteiger partial charge in [0.15, 0.2) is 11.5 Å². The van der Waals surface area contributed by atoms with Crippen molar-refractivity contribution in [1.29, 1.82) is 0 Å². The predicted molar refractivity (Wildman–Crippen MR) is 105 cm³/mol. The van der Waals surface area contributed by atoms with E-state index in [0.717, 1.165) is 10.2 Å². The van der Waals surface area contributed by atoms with E-state index in [2.05, 4.69) is 15.1 Å². The Bertz CT molecular complexity index is 1240. The molecule has 4 rings (SSSR count). The molecule has 2 aromatic heterocycles. The van der Waals surface area contributed by atoms with Crippen molar-refractivity contribution in [3.63, 3.8) is 0 Å². The van der Waals surface area contributed by atoms with Gasteiger partial charge in [-0.05, 0) is 24.3 Å². The Morgan fingerprint density at radius 3 is 2.46 bits per heavy atom. The summed E-state index contributed by atoms with van der Waals surface area (Å²) in [7, 11) is 0. The fourth-order valence-electron chi connectivity index (χ4n) is 2.74. The summed E-state index contributed by atoms with van der Waals surface area (Å²) < 4.78 is 1.09. The molecule has 138 valence electrons. The number of nitrogen functional groups attached to an aromatic ring is 1. The predicted octanol–water partition coefficient (Wildman–Crippen LogP) is 2.10. The van der Waals surface area contributed by atoms with Crippen molar-refractivity contribution in [2.45, 2.75) is 0 Å². The number of aromatic nitrogens is 4. The Hall–Kier alpha value is -3.62. The Morgan fingerprint density at radius 2 is 1.79 bits per heavy atom. The number of nitrogens with two attached hydrogens (primary N) is 1. The summed E-state index contributed by atoms with van der Waals surface area (Å²) in [6, 6.07) is 15.7. The van der Waals surface area contributed by atoms with Crippen LogP contribution in [0.3, 0.4) is 0 Å². The third-order valence-corrected chi connectivity index (χ3v) is 4.34. The number of hydrogen-bond acceptors (Lipinski definition) is 6. The molecular weight excluding hydrogens is 380 g/mol. The molecule has 0 aliphatic rings. The number of rotatable bonds is 3. The lowest BCUT2D eigenvalue weighted by molar-refractivity contribution is 0.0949. The zero-order valence-electron chi connectivity index (χ0n) is 14.3. The Labute approximate surface area is 163 Å². The molecule has 0 saturated heterocycles. The summed E-state index contributed by atoms with van der Waals surface area (Å²) in [4.78, 5) is 34.0. The van der Waals surface area contributed by atoms with Gasteiger partial charge in [0.1, 0.15) is 5.52 Å². The van der Waals surface area contributed by atoms with Gasteiger partial charge in [0.05, 0.1) is 11.1 Å². The van der Waals surface area contributed by atoms with Crippen LogP contribution in [0.1, 0.15) is 10.5 Å². The summed E-state index contributed by atoms with van der Waals surface area (Å²) in [5.41, 5.74) is 2.70. The lowest BCUT2D eigenvalue weighted by Crippen LogP contribution is -2.34. The van der Waals surface area contributed by atoms with Gasteiger partial charge in [-0.2, -0.15) is 9.78 Å². The first-order chi connectivity index (χ1) is 13.6. The van der Waals surface area contributed by atoms with Gasteiger partial charge in [-0.1, -0.05) is 41.9 Å². The van der Waals surface area contributed by atoms with E-state index < -0.39 is 11.5 Å². The van der Waals surface area contributed by atoms with Crippen molar-refractivity contribution in [3.8, 4) is 17.1 Å². The smallest absolute Gasteiger partial charge is 0.289 e. The van der Waals surface area contributed by atoms with Gasteiger partial charge in [-0.3, -0.25) is 15.0 Å². The number of hydrazine groups is 1. The molecule has 0 spiro atoms. The second kappa shape index (κ2) is 7.18. The highest BCUT2D eigenvalue weighted by Crippen LogP contribution is 2.19. The van der Waals surface area contributed by atoms with Gasteiger partial charge in [-0.25, -0.2) is 15.8 Å². The minimum Gasteiger partial charge on any atom is -0.289 e. The molecule has 2 aromatic carbocycles. The summed E-state index contributed by atoms with van der Waals surface area (Å²) in [5, 5.41) is 4.87. The van der Waals surface area contributed by atoms with E-state index in [1.807, 2.05) is 35.8 Å². The summed E-state index contributed by atoms with van der Waals surface area (Å²) in [5.74, 6) is 4.97. The molecule has 0 aliphatic carbocycles. The number of carbonyl (C=O) groups is 1. The van der Waals surface area contributed by atoms with Crippen molar-refractivity contribution in [3.05, 3.63) is 81.9 Å². The van der Waals surface area contributed by atoms with Gasteiger partial charge < -0.3 is 0 Å². The molecule has 9 heteroatoms. The molecule has 4 aromatic rings. The molecule has 1 amide bonds. The van der Waals surface area contributed by atoms with E-state index in [4.69, 9.17) is 17.4 Å². The third kappa shape index (κ3) is 3.11. The number of amides is 1. The molecule has 0 saturated carbocycles. The molecule has 0 bridgehead atoms. The van der Waals surface area contributed by atoms with Crippen LogP contribution in [-0.2, 0) is 0 Å². The zero-order chi connectivity index (χ0) is 19.7. The highest BCUT2D eigenvalue weighted by Gasteiger charge is 2.19. The van der Waals surface area contributed by atoms with E-state index >= 15 is 0 Å². The van der Waals surface area contributed by atoms with Gasteiger partial charge in [-0.15, -0.1) is 0 Å². The van der Waals surface area contributed by atoms with Crippen LogP contribution in [-0.4, -0.2) is 25.7 Å². The number of benzene rings is 2. The molecule has 2 heterocycles. The Kier molecular flexibility index (Phi) is 4.56. The minimum atomic E-state index is -0.663. The lowest BCUT2D eigenvalue weighted by Gasteiger charge is -2.10. The molecule has 3 N–H and O–H groups in total. The van der Waals surface area contributed by atoms with Crippen molar-refractivity contribution >= 4 is 28.4 Å². The van der Waals surface area contributed by atoms with E-state index in [9.17, 15) is 9.59 Å². The Morgan fingerprint density at radius 1 is 1.07 bits per heavy atom. The van der Waals surface area contributed by atoms with Gasteiger partial charge in [0, 0.05) is 16.8 Å². The van der Waals surface area contributed by atoms with E-state index in [-0.39, 0.29) is 16.6 Å². The number of nitrogens with one attached hydrogen (secondary N) is 1. The number of fused-ring (bicyclic) bond motifs is 1. The van der Waals surface area contributed by atoms with Crippen LogP contribution in [0.15, 0.2) is 65.6 Å². The van der Waals surface area contributed by atoms with Crippen molar-refractivity contribution < 1.29 is 4.79 Å². The quantitative estimate of drug-likeness (QED) is 0.313. The highest BCUT2D eigenvalue weighted by molar-refractivity contribution is 6.30. The molecule has 8 nitrogen and oxygen atoms in total. The Balaban J connectivity index is 2.02. The molecule has 0 radical (unpaired) electrons. The zero-order valence-corrected chi connectivity index (χ0v) is 15.1. The first-order valence-electron chi connectivity index (χ1n) is 8.21. The number of nitrogens with zero attached hydrogens (tertiary/aromatic N) is 4. The van der Waals surface area contributed by atoms with Crippen LogP contribution < -0.4 is 16.8 Å². The van der Waals surface area contributed by atoms with Crippen molar-refractivity contribution in [2.24, 2.45) is 5.84 Å². The largest absolute Gasteiger partial charge is 0.298 e. The average Bonchev–Trinajstić information content (AvgIpc) is 2.75. The standard InChI is InChI=1S/C19H13ClN6O2/c20-12-6-8-13(9-7-12)26-19(28)16-14(15(25-26)18(27)24-21)10-22-17(23-16)11-4-2-1-3-5-11/h1-10H,21H2,(H,24,27). The topological polar surface area (TPSA) is 116 Å². The summed E-state index contributed by atoms with van der Waals surface area (Å²) in [6.07, 6.45) is 1.40. The second-order valence-corrected chi connectivity index (χ2v) is 6.27. The molecule has 0 atom stereocenters. The first-order valence-corrected chi connectivity index (χ1v) is 8.58. The lowest BCUT2D eigenvalue weighted by atomic mass is 10.2.